The Morgan fingerprint density at radius 3 is 2.67 bits per heavy atom. The van der Waals surface area contributed by atoms with Gasteiger partial charge in [0.2, 0.25) is 0 Å². The minimum atomic E-state index is -0.936. The Morgan fingerprint density at radius 1 is 2.00 bits per heavy atom. The molecule has 2 unspecified atom stereocenters. The first-order chi connectivity index (χ1) is 4.10. The van der Waals surface area contributed by atoms with Gasteiger partial charge in [-0.05, 0) is 11.8 Å². The van der Waals surface area contributed by atoms with Crippen molar-refractivity contribution in [3.8, 4) is 0 Å². The Morgan fingerprint density at radius 2 is 2.56 bits per heavy atom. The highest BCUT2D eigenvalue weighted by Gasteiger charge is 2.53. The standard InChI is InChI=1S/C6H10BrFO/c1-6(3-9)2-4(6)5(7)8/h4-5,9H,2-3H2,1H3/t4?,5?,6-/m0/s1. The molecular weight excluding hydrogens is 187 g/mol. The third-order valence-corrected chi connectivity index (χ3v) is 2.72. The maximum absolute atomic E-state index is 12.4. The zero-order valence-corrected chi connectivity index (χ0v) is 6.86. The second kappa shape index (κ2) is 2.20. The van der Waals surface area contributed by atoms with E-state index in [0.29, 0.717) is 0 Å². The van der Waals surface area contributed by atoms with Gasteiger partial charge in [0.05, 0.1) is 0 Å². The maximum Gasteiger partial charge on any atom is 0.158 e. The zero-order chi connectivity index (χ0) is 7.07. The molecule has 1 aliphatic carbocycles. The molecule has 1 rings (SSSR count). The molecule has 0 heterocycles. The molecule has 0 spiro atoms. The van der Waals surface area contributed by atoms with Crippen LogP contribution in [0.4, 0.5) is 4.39 Å². The van der Waals surface area contributed by atoms with Gasteiger partial charge in [0.1, 0.15) is 0 Å². The summed E-state index contributed by atoms with van der Waals surface area (Å²) in [5.74, 6) is 0.0301. The van der Waals surface area contributed by atoms with E-state index in [2.05, 4.69) is 15.9 Å². The third kappa shape index (κ3) is 1.27. The van der Waals surface area contributed by atoms with Gasteiger partial charge in [-0.1, -0.05) is 22.9 Å². The number of halogens is 2. The average molecular weight is 197 g/mol. The summed E-state index contributed by atoms with van der Waals surface area (Å²) < 4.78 is 12.4. The van der Waals surface area contributed by atoms with E-state index < -0.39 is 5.08 Å². The van der Waals surface area contributed by atoms with Crippen molar-refractivity contribution in [2.24, 2.45) is 11.3 Å². The Bertz CT molecular complexity index is 118. The molecule has 0 aromatic heterocycles. The van der Waals surface area contributed by atoms with E-state index in [9.17, 15) is 4.39 Å². The maximum atomic E-state index is 12.4. The van der Waals surface area contributed by atoms with Gasteiger partial charge in [0.25, 0.3) is 0 Å². The summed E-state index contributed by atoms with van der Waals surface area (Å²) in [5.41, 5.74) is -0.136. The molecule has 0 radical (unpaired) electrons. The molecule has 1 nitrogen and oxygen atoms in total. The Balaban J connectivity index is 2.38. The van der Waals surface area contributed by atoms with E-state index >= 15 is 0 Å². The lowest BCUT2D eigenvalue weighted by atomic mass is 10.1. The summed E-state index contributed by atoms with van der Waals surface area (Å²) in [4.78, 5) is 0. The van der Waals surface area contributed by atoms with Crippen LogP contribution in [0.2, 0.25) is 0 Å². The van der Waals surface area contributed by atoms with Gasteiger partial charge in [0, 0.05) is 12.5 Å². The lowest BCUT2D eigenvalue weighted by Crippen LogP contribution is -2.07. The number of alkyl halides is 2. The molecule has 54 valence electrons. The van der Waals surface area contributed by atoms with Crippen LogP contribution in [0.1, 0.15) is 13.3 Å². The predicted octanol–water partition coefficient (Wildman–Crippen LogP) is 1.70. The fourth-order valence-electron chi connectivity index (χ4n) is 1.02. The van der Waals surface area contributed by atoms with E-state index in [-0.39, 0.29) is 17.9 Å². The lowest BCUT2D eigenvalue weighted by Gasteiger charge is -2.04. The molecule has 0 amide bonds. The second-order valence-electron chi connectivity index (χ2n) is 2.96. The molecule has 0 aliphatic heterocycles. The highest BCUT2D eigenvalue weighted by atomic mass is 79.9. The Labute approximate surface area is 62.4 Å². The molecule has 1 N–H and O–H groups in total. The van der Waals surface area contributed by atoms with E-state index in [0.717, 1.165) is 6.42 Å². The van der Waals surface area contributed by atoms with Crippen LogP contribution in [0.5, 0.6) is 0 Å². The minimum Gasteiger partial charge on any atom is -0.396 e. The number of hydrogen-bond acceptors (Lipinski definition) is 1. The predicted molar refractivity (Wildman–Crippen MR) is 37.1 cm³/mol. The second-order valence-corrected chi connectivity index (χ2v) is 3.83. The number of aliphatic hydroxyl groups excluding tert-OH is 1. The van der Waals surface area contributed by atoms with Gasteiger partial charge >= 0.3 is 0 Å². The minimum absolute atomic E-state index is 0.0301. The van der Waals surface area contributed by atoms with Gasteiger partial charge in [-0.25, -0.2) is 4.39 Å². The largest absolute Gasteiger partial charge is 0.396 e. The normalized spacial score (nSPS) is 44.7. The van der Waals surface area contributed by atoms with Crippen molar-refractivity contribution in [2.75, 3.05) is 6.61 Å². The molecule has 0 bridgehead atoms. The van der Waals surface area contributed by atoms with E-state index in [1.54, 1.807) is 0 Å². The van der Waals surface area contributed by atoms with Gasteiger partial charge < -0.3 is 5.11 Å². The van der Waals surface area contributed by atoms with Crippen LogP contribution >= 0.6 is 15.9 Å². The summed E-state index contributed by atoms with van der Waals surface area (Å²) in [6.45, 7) is 2.00. The van der Waals surface area contributed by atoms with E-state index in [4.69, 9.17) is 5.11 Å². The van der Waals surface area contributed by atoms with Crippen molar-refractivity contribution in [1.29, 1.82) is 0 Å². The Hall–Kier alpha value is 0.370. The molecule has 9 heavy (non-hydrogen) atoms. The first-order valence-electron chi connectivity index (χ1n) is 2.99. The highest BCUT2D eigenvalue weighted by Crippen LogP contribution is 2.55. The highest BCUT2D eigenvalue weighted by molar-refractivity contribution is 9.09. The van der Waals surface area contributed by atoms with Crippen LogP contribution in [0.25, 0.3) is 0 Å². The van der Waals surface area contributed by atoms with Gasteiger partial charge in [-0.2, -0.15) is 0 Å². The quantitative estimate of drug-likeness (QED) is 0.668. The van der Waals surface area contributed by atoms with Crippen LogP contribution in [-0.2, 0) is 0 Å². The zero-order valence-electron chi connectivity index (χ0n) is 5.27. The number of rotatable bonds is 2. The van der Waals surface area contributed by atoms with Crippen molar-refractivity contribution in [3.05, 3.63) is 0 Å². The fourth-order valence-corrected chi connectivity index (χ4v) is 1.84. The SMILES string of the molecule is C[C@@]1(CO)CC1C(F)Br. The van der Waals surface area contributed by atoms with Crippen molar-refractivity contribution < 1.29 is 9.50 Å². The lowest BCUT2D eigenvalue weighted by molar-refractivity contribution is 0.201. The molecule has 0 saturated heterocycles. The fraction of sp³-hybridized carbons (Fsp3) is 1.00. The smallest absolute Gasteiger partial charge is 0.158 e. The van der Waals surface area contributed by atoms with E-state index in [1.165, 1.54) is 0 Å². The van der Waals surface area contributed by atoms with Crippen molar-refractivity contribution >= 4 is 15.9 Å². The molecule has 1 saturated carbocycles. The van der Waals surface area contributed by atoms with Gasteiger partial charge in [0.15, 0.2) is 5.08 Å². The molecule has 1 fully saturated rings. The molecule has 3 heteroatoms. The number of hydrogen-bond donors (Lipinski definition) is 1. The molecule has 0 aromatic carbocycles. The van der Waals surface area contributed by atoms with Crippen molar-refractivity contribution in [2.45, 2.75) is 18.4 Å². The summed E-state index contributed by atoms with van der Waals surface area (Å²) in [7, 11) is 0. The molecule has 3 atom stereocenters. The first kappa shape index (κ1) is 7.48. The third-order valence-electron chi connectivity index (χ3n) is 2.09. The van der Waals surface area contributed by atoms with Gasteiger partial charge in [-0.3, -0.25) is 0 Å². The van der Waals surface area contributed by atoms with Crippen LogP contribution in [0, 0.1) is 11.3 Å². The van der Waals surface area contributed by atoms with E-state index in [1.807, 2.05) is 6.92 Å². The van der Waals surface area contributed by atoms with Crippen molar-refractivity contribution in [3.63, 3.8) is 0 Å². The van der Waals surface area contributed by atoms with Crippen LogP contribution < -0.4 is 0 Å². The molecular formula is C6H10BrFO. The average Bonchev–Trinajstić information content (AvgIpc) is 2.44. The summed E-state index contributed by atoms with van der Waals surface area (Å²) >= 11 is 2.84. The summed E-state index contributed by atoms with van der Waals surface area (Å²) in [5, 5.41) is 7.76. The Kier molecular flexibility index (Phi) is 1.83. The molecule has 1 aliphatic rings. The first-order valence-corrected chi connectivity index (χ1v) is 3.91. The van der Waals surface area contributed by atoms with Crippen LogP contribution in [0.15, 0.2) is 0 Å². The van der Waals surface area contributed by atoms with Crippen LogP contribution in [0.3, 0.4) is 0 Å². The summed E-state index contributed by atoms with van der Waals surface area (Å²) in [6.07, 6.45) is 0.802. The molecule has 0 aromatic rings. The van der Waals surface area contributed by atoms with Gasteiger partial charge in [-0.15, -0.1) is 0 Å². The van der Waals surface area contributed by atoms with Crippen molar-refractivity contribution in [1.82, 2.24) is 0 Å². The summed E-state index contributed by atoms with van der Waals surface area (Å²) in [6, 6.07) is 0. The monoisotopic (exact) mass is 196 g/mol. The topological polar surface area (TPSA) is 20.2 Å². The van der Waals surface area contributed by atoms with Crippen LogP contribution in [-0.4, -0.2) is 16.8 Å². The number of aliphatic hydroxyl groups is 1.